The Morgan fingerprint density at radius 1 is 1.32 bits per heavy atom. The highest BCUT2D eigenvalue weighted by atomic mass is 32.2. The Labute approximate surface area is 135 Å². The number of hydrogen-bond donors (Lipinski definition) is 1. The van der Waals surface area contributed by atoms with Crippen molar-refractivity contribution >= 4 is 28.5 Å². The van der Waals surface area contributed by atoms with Crippen molar-refractivity contribution in [2.45, 2.75) is 18.9 Å². The zero-order valence-corrected chi connectivity index (χ0v) is 13.6. The van der Waals surface area contributed by atoms with Crippen LogP contribution in [0.2, 0.25) is 0 Å². The maximum Gasteiger partial charge on any atom is 0.257 e. The molecule has 2 heterocycles. The molecule has 1 fully saturated rings. The molecule has 1 aromatic rings. The molecule has 5 nitrogen and oxygen atoms in total. The van der Waals surface area contributed by atoms with Gasteiger partial charge in [0.15, 0.2) is 5.17 Å². The number of aliphatic imine (C=N–C) groups is 1. The van der Waals surface area contributed by atoms with Gasteiger partial charge in [-0.2, -0.15) is 0 Å². The van der Waals surface area contributed by atoms with Gasteiger partial charge in [-0.15, -0.1) is 0 Å². The van der Waals surface area contributed by atoms with Crippen molar-refractivity contribution in [1.29, 1.82) is 0 Å². The first-order valence-electron chi connectivity index (χ1n) is 7.62. The summed E-state index contributed by atoms with van der Waals surface area (Å²) < 4.78 is 5.40. The zero-order chi connectivity index (χ0) is 15.4. The van der Waals surface area contributed by atoms with Crippen LogP contribution < -0.4 is 10.2 Å². The van der Waals surface area contributed by atoms with E-state index in [1.54, 1.807) is 18.9 Å². The van der Waals surface area contributed by atoms with Crippen LogP contribution in [0.5, 0.6) is 0 Å². The molecule has 22 heavy (non-hydrogen) atoms. The standard InChI is InChI=1S/C16H21N3O2S/c1-21-14-6-9-19(10-7-14)13-4-2-12(3-5-13)15(20)18-16-17-8-11-22-16/h2-5,14H,6-11H2,1H3,(H,17,18,20). The number of carbonyl (C=O) groups excluding carboxylic acids is 1. The monoisotopic (exact) mass is 319 g/mol. The number of hydrogen-bond acceptors (Lipinski definition) is 5. The number of nitrogens with zero attached hydrogens (tertiary/aromatic N) is 2. The van der Waals surface area contributed by atoms with Gasteiger partial charge in [0.2, 0.25) is 0 Å². The molecular formula is C16H21N3O2S. The summed E-state index contributed by atoms with van der Waals surface area (Å²) in [5, 5.41) is 3.58. The molecular weight excluding hydrogens is 298 g/mol. The minimum atomic E-state index is -0.0854. The van der Waals surface area contributed by atoms with Crippen LogP contribution in [0.3, 0.4) is 0 Å². The molecule has 118 valence electrons. The summed E-state index contributed by atoms with van der Waals surface area (Å²) in [4.78, 5) is 18.7. The fourth-order valence-corrected chi connectivity index (χ4v) is 3.48. The number of amidine groups is 1. The molecule has 6 heteroatoms. The van der Waals surface area contributed by atoms with Gasteiger partial charge in [-0.25, -0.2) is 0 Å². The zero-order valence-electron chi connectivity index (χ0n) is 12.7. The SMILES string of the molecule is COC1CCN(c2ccc(C(=O)NC3=NCCS3)cc2)CC1. The van der Waals surface area contributed by atoms with Gasteiger partial charge in [-0.3, -0.25) is 9.79 Å². The van der Waals surface area contributed by atoms with Crippen molar-refractivity contribution in [3.63, 3.8) is 0 Å². The van der Waals surface area contributed by atoms with E-state index in [-0.39, 0.29) is 5.91 Å². The van der Waals surface area contributed by atoms with E-state index in [9.17, 15) is 4.79 Å². The third-order valence-corrected chi connectivity index (χ3v) is 4.97. The molecule has 1 amide bonds. The second kappa shape index (κ2) is 7.15. The normalized spacial score (nSPS) is 19.1. The predicted molar refractivity (Wildman–Crippen MR) is 90.9 cm³/mol. The van der Waals surface area contributed by atoms with E-state index in [0.717, 1.165) is 43.4 Å². The van der Waals surface area contributed by atoms with E-state index in [2.05, 4.69) is 15.2 Å². The highest BCUT2D eigenvalue weighted by molar-refractivity contribution is 8.14. The summed E-state index contributed by atoms with van der Waals surface area (Å²) in [6.07, 6.45) is 2.48. The van der Waals surface area contributed by atoms with E-state index in [1.165, 1.54) is 5.69 Å². The summed E-state index contributed by atoms with van der Waals surface area (Å²) in [6, 6.07) is 7.80. The Balaban J connectivity index is 1.59. The molecule has 0 unspecified atom stereocenters. The fraction of sp³-hybridized carbons (Fsp3) is 0.500. The van der Waals surface area contributed by atoms with Crippen molar-refractivity contribution in [3.8, 4) is 0 Å². The maximum absolute atomic E-state index is 12.1. The second-order valence-corrected chi connectivity index (χ2v) is 6.54. The van der Waals surface area contributed by atoms with Crippen LogP contribution in [0.15, 0.2) is 29.3 Å². The number of methoxy groups -OCH3 is 1. The molecule has 2 aliphatic rings. The van der Waals surface area contributed by atoms with Crippen LogP contribution in [0.1, 0.15) is 23.2 Å². The Morgan fingerprint density at radius 3 is 2.64 bits per heavy atom. The Bertz CT molecular complexity index is 551. The number of rotatable bonds is 3. The topological polar surface area (TPSA) is 53.9 Å². The first-order valence-corrected chi connectivity index (χ1v) is 8.61. The number of piperidine rings is 1. The molecule has 0 radical (unpaired) electrons. The van der Waals surface area contributed by atoms with Gasteiger partial charge in [-0.05, 0) is 37.1 Å². The van der Waals surface area contributed by atoms with Crippen LogP contribution in [0.4, 0.5) is 5.69 Å². The Kier molecular flexibility index (Phi) is 5.00. The molecule has 3 rings (SSSR count). The minimum absolute atomic E-state index is 0.0854. The Morgan fingerprint density at radius 2 is 2.05 bits per heavy atom. The highest BCUT2D eigenvalue weighted by Gasteiger charge is 2.19. The van der Waals surface area contributed by atoms with Gasteiger partial charge < -0.3 is 15.0 Å². The average molecular weight is 319 g/mol. The number of ether oxygens (including phenoxy) is 1. The molecule has 0 bridgehead atoms. The van der Waals surface area contributed by atoms with Gasteiger partial charge in [0, 0.05) is 37.2 Å². The van der Waals surface area contributed by atoms with Crippen LogP contribution in [-0.2, 0) is 4.74 Å². The summed E-state index contributed by atoms with van der Waals surface area (Å²) in [5.41, 5.74) is 1.84. The molecule has 1 N–H and O–H groups in total. The quantitative estimate of drug-likeness (QED) is 0.927. The van der Waals surface area contributed by atoms with Crippen LogP contribution in [0.25, 0.3) is 0 Å². The van der Waals surface area contributed by atoms with Gasteiger partial charge >= 0.3 is 0 Å². The average Bonchev–Trinajstić information content (AvgIpc) is 3.08. The fourth-order valence-electron chi connectivity index (χ4n) is 2.75. The first kappa shape index (κ1) is 15.4. The van der Waals surface area contributed by atoms with Gasteiger partial charge in [0.1, 0.15) is 0 Å². The molecule has 0 aliphatic carbocycles. The van der Waals surface area contributed by atoms with E-state index in [0.29, 0.717) is 11.7 Å². The van der Waals surface area contributed by atoms with E-state index in [4.69, 9.17) is 4.74 Å². The summed E-state index contributed by atoms with van der Waals surface area (Å²) in [5.74, 6) is 0.865. The summed E-state index contributed by atoms with van der Waals surface area (Å²) in [7, 11) is 1.78. The van der Waals surface area contributed by atoms with Gasteiger partial charge in [-0.1, -0.05) is 11.8 Å². The molecule has 1 saturated heterocycles. The van der Waals surface area contributed by atoms with Crippen LogP contribution >= 0.6 is 11.8 Å². The molecule has 2 aliphatic heterocycles. The predicted octanol–water partition coefficient (Wildman–Crippen LogP) is 2.13. The number of thioether (sulfide) groups is 1. The molecule has 0 spiro atoms. The van der Waals surface area contributed by atoms with E-state index in [1.807, 2.05) is 24.3 Å². The number of anilines is 1. The Hall–Kier alpha value is -1.53. The lowest BCUT2D eigenvalue weighted by molar-refractivity contribution is 0.0819. The molecule has 1 aromatic carbocycles. The third kappa shape index (κ3) is 3.62. The lowest BCUT2D eigenvalue weighted by Crippen LogP contribution is -2.36. The van der Waals surface area contributed by atoms with Crippen molar-refractivity contribution in [1.82, 2.24) is 5.32 Å². The molecule has 0 aromatic heterocycles. The van der Waals surface area contributed by atoms with Crippen molar-refractivity contribution in [2.75, 3.05) is 37.4 Å². The molecule has 0 saturated carbocycles. The van der Waals surface area contributed by atoms with E-state index >= 15 is 0 Å². The largest absolute Gasteiger partial charge is 0.381 e. The second-order valence-electron chi connectivity index (χ2n) is 5.46. The molecule has 0 atom stereocenters. The van der Waals surface area contributed by atoms with Crippen molar-refractivity contribution in [2.24, 2.45) is 4.99 Å². The maximum atomic E-state index is 12.1. The van der Waals surface area contributed by atoms with Crippen LogP contribution in [0, 0.1) is 0 Å². The third-order valence-electron chi connectivity index (χ3n) is 4.08. The summed E-state index contributed by atoms with van der Waals surface area (Å²) >= 11 is 1.59. The van der Waals surface area contributed by atoms with E-state index < -0.39 is 0 Å². The summed E-state index contributed by atoms with van der Waals surface area (Å²) in [6.45, 7) is 2.78. The first-order chi connectivity index (χ1) is 10.8. The number of nitrogens with one attached hydrogen (secondary N) is 1. The lowest BCUT2D eigenvalue weighted by Gasteiger charge is -2.33. The number of amides is 1. The van der Waals surface area contributed by atoms with Crippen molar-refractivity contribution < 1.29 is 9.53 Å². The highest BCUT2D eigenvalue weighted by Crippen LogP contribution is 2.21. The number of carbonyl (C=O) groups is 1. The van der Waals surface area contributed by atoms with Crippen molar-refractivity contribution in [3.05, 3.63) is 29.8 Å². The van der Waals surface area contributed by atoms with Gasteiger partial charge in [0.25, 0.3) is 5.91 Å². The lowest BCUT2D eigenvalue weighted by atomic mass is 10.1. The van der Waals surface area contributed by atoms with Crippen LogP contribution in [-0.4, -0.2) is 49.7 Å². The van der Waals surface area contributed by atoms with Gasteiger partial charge in [0.05, 0.1) is 12.6 Å². The minimum Gasteiger partial charge on any atom is -0.381 e. The number of benzene rings is 1. The smallest absolute Gasteiger partial charge is 0.257 e.